The Morgan fingerprint density at radius 3 is 2.29 bits per heavy atom. The van der Waals surface area contributed by atoms with Gasteiger partial charge in [0.1, 0.15) is 12.4 Å². The van der Waals surface area contributed by atoms with E-state index in [2.05, 4.69) is 4.99 Å². The normalized spacial score (nSPS) is 14.2. The number of carbonyl (C=O) groups is 1. The van der Waals surface area contributed by atoms with Gasteiger partial charge in [0.2, 0.25) is 0 Å². The molecule has 1 aromatic heterocycles. The summed E-state index contributed by atoms with van der Waals surface area (Å²) in [5, 5.41) is 0. The summed E-state index contributed by atoms with van der Waals surface area (Å²) in [6.45, 7) is 6.86. The number of benzene rings is 3. The molecule has 5 rings (SSSR count). The van der Waals surface area contributed by atoms with Crippen molar-refractivity contribution >= 4 is 23.4 Å². The lowest BCUT2D eigenvalue weighted by Crippen LogP contribution is -2.39. The summed E-state index contributed by atoms with van der Waals surface area (Å²) < 4.78 is 44.3. The number of methoxy groups -OCH3 is 1. The van der Waals surface area contributed by atoms with Crippen LogP contribution in [0.25, 0.3) is 6.08 Å². The van der Waals surface area contributed by atoms with Gasteiger partial charge >= 0.3 is 5.97 Å². The zero-order valence-electron chi connectivity index (χ0n) is 25.4. The number of fused-ring (bicyclic) bond motifs is 1. The molecule has 3 aromatic carbocycles. The van der Waals surface area contributed by atoms with Gasteiger partial charge in [0.05, 0.1) is 43.1 Å². The molecule has 1 atom stereocenters. The highest BCUT2D eigenvalue weighted by atomic mass is 32.1. The quantitative estimate of drug-likeness (QED) is 0.204. The van der Waals surface area contributed by atoms with Crippen LogP contribution in [0.3, 0.4) is 0 Å². The molecule has 0 saturated heterocycles. The molecule has 45 heavy (non-hydrogen) atoms. The van der Waals surface area contributed by atoms with Gasteiger partial charge in [-0.15, -0.1) is 0 Å². The maximum Gasteiger partial charge on any atom is 0.337 e. The molecule has 4 aromatic rings. The first-order chi connectivity index (χ1) is 21.9. The molecule has 0 amide bonds. The lowest BCUT2D eigenvalue weighted by atomic mass is 9.97. The van der Waals surface area contributed by atoms with E-state index < -0.39 is 12.0 Å². The van der Waals surface area contributed by atoms with Crippen molar-refractivity contribution in [2.45, 2.75) is 33.4 Å². The van der Waals surface area contributed by atoms with E-state index in [1.807, 2.05) is 20.8 Å². The number of hydrogen-bond donors (Lipinski definition) is 0. The first-order valence-electron chi connectivity index (χ1n) is 14.5. The third-order valence-electron chi connectivity index (χ3n) is 6.91. The summed E-state index contributed by atoms with van der Waals surface area (Å²) in [5.41, 5.74) is 1.62. The Hall–Kier alpha value is -4.90. The molecule has 0 fully saturated rings. The molecule has 234 valence electrons. The van der Waals surface area contributed by atoms with Crippen LogP contribution in [0.4, 0.5) is 4.39 Å². The van der Waals surface area contributed by atoms with Gasteiger partial charge in [0.25, 0.3) is 5.56 Å². The molecular weight excluding hydrogens is 599 g/mol. The fourth-order valence-electron chi connectivity index (χ4n) is 4.91. The standard InChI is InChI=1S/C34H33FN2O7S/c1-5-41-26-15-13-22(18-29(26)43-7-3)31-24(33(39)40-4)19-36-34-37(31)32(38)30(45-34)17-21-12-14-27(28(16-21)42-6-2)44-20-23-10-8-9-11-25(23)35/h8-19,31H,5-7,20H2,1-4H3/b30-17-/t31-/m0/s1. The Morgan fingerprint density at radius 1 is 0.911 bits per heavy atom. The molecule has 1 aliphatic heterocycles. The largest absolute Gasteiger partial charge is 0.490 e. The second-order valence-electron chi connectivity index (χ2n) is 9.77. The topological polar surface area (TPSA) is 97.6 Å². The molecule has 9 nitrogen and oxygen atoms in total. The summed E-state index contributed by atoms with van der Waals surface area (Å²) in [4.78, 5) is 31.7. The monoisotopic (exact) mass is 632 g/mol. The van der Waals surface area contributed by atoms with Crippen LogP contribution in [-0.2, 0) is 16.1 Å². The number of esters is 1. The van der Waals surface area contributed by atoms with E-state index in [1.165, 1.54) is 35.3 Å². The van der Waals surface area contributed by atoms with Crippen LogP contribution < -0.4 is 33.8 Å². The van der Waals surface area contributed by atoms with Gasteiger partial charge in [-0.2, -0.15) is 0 Å². The molecule has 0 aliphatic carbocycles. The maximum absolute atomic E-state index is 14.1. The summed E-state index contributed by atoms with van der Waals surface area (Å²) in [7, 11) is 1.29. The number of ether oxygens (including phenoxy) is 5. The van der Waals surface area contributed by atoms with E-state index in [1.54, 1.807) is 60.7 Å². The van der Waals surface area contributed by atoms with Gasteiger partial charge < -0.3 is 23.7 Å². The number of aromatic nitrogens is 1. The Balaban J connectivity index is 1.55. The number of hydrogen-bond acceptors (Lipinski definition) is 9. The third kappa shape index (κ3) is 6.78. The van der Waals surface area contributed by atoms with Crippen molar-refractivity contribution in [3.8, 4) is 23.0 Å². The van der Waals surface area contributed by atoms with Gasteiger partial charge in [0, 0.05) is 11.8 Å². The highest BCUT2D eigenvalue weighted by molar-refractivity contribution is 7.07. The summed E-state index contributed by atoms with van der Waals surface area (Å²) in [5.74, 6) is 1.01. The van der Waals surface area contributed by atoms with Crippen LogP contribution in [0.15, 0.2) is 82.2 Å². The summed E-state index contributed by atoms with van der Waals surface area (Å²) >= 11 is 1.20. The Morgan fingerprint density at radius 2 is 1.58 bits per heavy atom. The lowest BCUT2D eigenvalue weighted by Gasteiger charge is -2.23. The average Bonchev–Trinajstić information content (AvgIpc) is 3.36. The zero-order chi connectivity index (χ0) is 31.9. The minimum Gasteiger partial charge on any atom is -0.490 e. The molecule has 0 unspecified atom stereocenters. The number of halogens is 1. The fourth-order valence-corrected chi connectivity index (χ4v) is 5.88. The second-order valence-corrected chi connectivity index (χ2v) is 10.8. The van der Waals surface area contributed by atoms with Crippen molar-refractivity contribution in [2.75, 3.05) is 26.9 Å². The second kappa shape index (κ2) is 14.3. The molecule has 1 aliphatic rings. The number of carbonyl (C=O) groups excluding carboxylic acids is 1. The summed E-state index contributed by atoms with van der Waals surface area (Å²) in [6.07, 6.45) is 3.17. The average molecular weight is 633 g/mol. The van der Waals surface area contributed by atoms with E-state index >= 15 is 0 Å². The van der Waals surface area contributed by atoms with Crippen LogP contribution in [0.1, 0.15) is 43.5 Å². The molecule has 0 radical (unpaired) electrons. The molecule has 0 spiro atoms. The zero-order valence-corrected chi connectivity index (χ0v) is 26.2. The van der Waals surface area contributed by atoms with Gasteiger partial charge in [-0.05, 0) is 68.3 Å². The molecule has 0 bridgehead atoms. The minimum atomic E-state index is -0.807. The van der Waals surface area contributed by atoms with Crippen LogP contribution >= 0.6 is 11.3 Å². The van der Waals surface area contributed by atoms with Crippen molar-refractivity contribution < 1.29 is 32.9 Å². The van der Waals surface area contributed by atoms with Crippen LogP contribution in [0.5, 0.6) is 23.0 Å². The lowest BCUT2D eigenvalue weighted by molar-refractivity contribution is -0.136. The first kappa shape index (κ1) is 31.5. The number of nitrogens with zero attached hydrogens (tertiary/aromatic N) is 2. The van der Waals surface area contributed by atoms with E-state index in [-0.39, 0.29) is 23.6 Å². The van der Waals surface area contributed by atoms with Crippen molar-refractivity contribution in [3.63, 3.8) is 0 Å². The predicted molar refractivity (Wildman–Crippen MR) is 168 cm³/mol. The third-order valence-corrected chi connectivity index (χ3v) is 7.91. The first-order valence-corrected chi connectivity index (χ1v) is 15.3. The van der Waals surface area contributed by atoms with Crippen LogP contribution in [0, 0.1) is 5.82 Å². The predicted octanol–water partition coefficient (Wildman–Crippen LogP) is 4.93. The number of thiazole rings is 1. The Labute approximate surface area is 263 Å². The van der Waals surface area contributed by atoms with Crippen LogP contribution in [-0.4, -0.2) is 37.5 Å². The Bertz CT molecular complexity index is 1910. The molecule has 0 saturated carbocycles. The summed E-state index contributed by atoms with van der Waals surface area (Å²) in [6, 6.07) is 16.2. The van der Waals surface area contributed by atoms with E-state index in [4.69, 9.17) is 23.7 Å². The highest BCUT2D eigenvalue weighted by Gasteiger charge is 2.31. The Kier molecular flexibility index (Phi) is 9.99. The number of rotatable bonds is 12. The van der Waals surface area contributed by atoms with Crippen molar-refractivity contribution in [1.82, 2.24) is 4.57 Å². The molecule has 11 heteroatoms. The smallest absolute Gasteiger partial charge is 0.337 e. The highest BCUT2D eigenvalue weighted by Crippen LogP contribution is 2.35. The maximum atomic E-state index is 14.1. The molecule has 2 heterocycles. The van der Waals surface area contributed by atoms with Crippen molar-refractivity contribution in [2.24, 2.45) is 4.99 Å². The van der Waals surface area contributed by atoms with Gasteiger partial charge in [-0.25, -0.2) is 14.2 Å². The SMILES string of the molecule is CCOc1ccc([C@H]2C(C(=O)OC)=CN=c3s/c(=C\c4ccc(OCc5ccccc5F)c(OCC)c4)c(=O)n32)cc1OCC. The van der Waals surface area contributed by atoms with E-state index in [0.717, 1.165) is 0 Å². The van der Waals surface area contributed by atoms with Crippen LogP contribution in [0.2, 0.25) is 0 Å². The van der Waals surface area contributed by atoms with Gasteiger partial charge in [-0.3, -0.25) is 9.36 Å². The molecule has 0 N–H and O–H groups in total. The van der Waals surface area contributed by atoms with Crippen molar-refractivity contribution in [3.05, 3.63) is 115 Å². The van der Waals surface area contributed by atoms with Crippen molar-refractivity contribution in [1.29, 1.82) is 0 Å². The minimum absolute atomic E-state index is 0.0315. The van der Waals surface area contributed by atoms with E-state index in [0.29, 0.717) is 68.8 Å². The van der Waals surface area contributed by atoms with E-state index in [9.17, 15) is 14.0 Å². The molecular formula is C34H33FN2O7S. The van der Waals surface area contributed by atoms with Gasteiger partial charge in [0.15, 0.2) is 27.8 Å². The fraction of sp³-hybridized carbons (Fsp3) is 0.265. The van der Waals surface area contributed by atoms with Gasteiger partial charge in [-0.1, -0.05) is 41.7 Å².